The van der Waals surface area contributed by atoms with Crippen LogP contribution in [0.25, 0.3) is 0 Å². The quantitative estimate of drug-likeness (QED) is 0.340. The van der Waals surface area contributed by atoms with Crippen molar-refractivity contribution in [3.8, 4) is 0 Å². The molecule has 0 aliphatic heterocycles. The van der Waals surface area contributed by atoms with Crippen molar-refractivity contribution in [3.63, 3.8) is 0 Å². The van der Waals surface area contributed by atoms with Crippen LogP contribution in [0.2, 0.25) is 0 Å². The highest BCUT2D eigenvalue weighted by molar-refractivity contribution is 6.01. The summed E-state index contributed by atoms with van der Waals surface area (Å²) in [7, 11) is 0. The normalized spacial score (nSPS) is 38.6. The van der Waals surface area contributed by atoms with Gasteiger partial charge in [0.25, 0.3) is 0 Å². The van der Waals surface area contributed by atoms with Crippen molar-refractivity contribution in [2.24, 2.45) is 28.6 Å². The van der Waals surface area contributed by atoms with Gasteiger partial charge in [0.1, 0.15) is 6.17 Å². The lowest BCUT2D eigenvalue weighted by Crippen LogP contribution is -2.64. The predicted molar refractivity (Wildman–Crippen MR) is 136 cm³/mol. The van der Waals surface area contributed by atoms with Crippen LogP contribution in [-0.2, 0) is 28.5 Å². The Labute approximate surface area is 228 Å². The number of Topliss-reactive ketones (excluding diaryl/α,β-unsaturated/α-hetero) is 1. The zero-order valence-electron chi connectivity index (χ0n) is 23.1. The number of fused-ring (bicyclic) bond motifs is 5. The minimum Gasteiger partial charge on any atom is -0.435 e. The first-order chi connectivity index (χ1) is 18.4. The number of carbonyl (C=O) groups is 4. The van der Waals surface area contributed by atoms with Gasteiger partial charge in [0.15, 0.2) is 18.0 Å². The SMILES string of the molecule is CCCCOC(=O)OCC(=O)[C@@]1(OC(=O)OCC)CC[C@H]2[C@@H]3C[C@H](F)C4=CC(=O)C=C[C@]4(C)[C@H]3C(O)C[C@@]21C. The second-order valence-corrected chi connectivity index (χ2v) is 11.6. The molecule has 0 amide bonds. The van der Waals surface area contributed by atoms with E-state index in [0.29, 0.717) is 18.4 Å². The van der Waals surface area contributed by atoms with Crippen molar-refractivity contribution in [1.29, 1.82) is 0 Å². The van der Waals surface area contributed by atoms with Crippen LogP contribution >= 0.6 is 0 Å². The van der Waals surface area contributed by atoms with Gasteiger partial charge in [-0.2, -0.15) is 0 Å². The number of carbonyl (C=O) groups excluding carboxylic acids is 4. The van der Waals surface area contributed by atoms with Crippen LogP contribution in [-0.4, -0.2) is 66.7 Å². The topological polar surface area (TPSA) is 125 Å². The molecule has 3 saturated carbocycles. The highest BCUT2D eigenvalue weighted by Gasteiger charge is 2.71. The molecule has 0 radical (unpaired) electrons. The maximum Gasteiger partial charge on any atom is 0.509 e. The van der Waals surface area contributed by atoms with Crippen molar-refractivity contribution >= 4 is 23.9 Å². The van der Waals surface area contributed by atoms with Crippen molar-refractivity contribution in [2.75, 3.05) is 19.8 Å². The molecule has 0 aromatic rings. The molecule has 8 atom stereocenters. The molecular weight excluding hydrogens is 511 g/mol. The summed E-state index contributed by atoms with van der Waals surface area (Å²) in [6.45, 7) is 6.67. The molecule has 4 aliphatic rings. The molecule has 10 heteroatoms. The summed E-state index contributed by atoms with van der Waals surface area (Å²) in [5.74, 6) is -1.95. The first-order valence-electron chi connectivity index (χ1n) is 13.9. The number of alkyl halides is 1. The van der Waals surface area contributed by atoms with Crippen molar-refractivity contribution in [3.05, 3.63) is 23.8 Å². The van der Waals surface area contributed by atoms with Gasteiger partial charge in [0.05, 0.1) is 19.3 Å². The van der Waals surface area contributed by atoms with Crippen LogP contribution in [0.3, 0.4) is 0 Å². The zero-order valence-corrected chi connectivity index (χ0v) is 23.1. The predicted octanol–water partition coefficient (Wildman–Crippen LogP) is 4.65. The van der Waals surface area contributed by atoms with E-state index in [9.17, 15) is 24.3 Å². The van der Waals surface area contributed by atoms with Gasteiger partial charge in [-0.05, 0) is 68.6 Å². The average molecular weight is 551 g/mol. The second-order valence-electron chi connectivity index (χ2n) is 11.6. The summed E-state index contributed by atoms with van der Waals surface area (Å²) < 4.78 is 36.5. The monoisotopic (exact) mass is 550 g/mol. The van der Waals surface area contributed by atoms with Crippen LogP contribution in [0, 0.1) is 28.6 Å². The number of aliphatic hydroxyl groups is 1. The lowest BCUT2D eigenvalue weighted by molar-refractivity contribution is -0.186. The van der Waals surface area contributed by atoms with E-state index in [0.717, 1.165) is 6.42 Å². The number of ketones is 2. The van der Waals surface area contributed by atoms with E-state index >= 15 is 4.39 Å². The van der Waals surface area contributed by atoms with Gasteiger partial charge in [-0.25, -0.2) is 14.0 Å². The van der Waals surface area contributed by atoms with Gasteiger partial charge in [-0.3, -0.25) is 9.59 Å². The third kappa shape index (κ3) is 4.89. The van der Waals surface area contributed by atoms with Gasteiger partial charge in [0.2, 0.25) is 5.78 Å². The van der Waals surface area contributed by atoms with Gasteiger partial charge < -0.3 is 24.1 Å². The fourth-order valence-corrected chi connectivity index (χ4v) is 7.88. The number of allylic oxidation sites excluding steroid dienone is 4. The number of ether oxygens (including phenoxy) is 4. The maximum absolute atomic E-state index is 15.6. The van der Waals surface area contributed by atoms with Crippen molar-refractivity contribution in [2.45, 2.75) is 84.1 Å². The molecule has 1 unspecified atom stereocenters. The molecule has 0 spiro atoms. The van der Waals surface area contributed by atoms with Crippen molar-refractivity contribution in [1.82, 2.24) is 0 Å². The van der Waals surface area contributed by atoms with E-state index in [1.165, 1.54) is 12.2 Å². The largest absolute Gasteiger partial charge is 0.509 e. The summed E-state index contributed by atoms with van der Waals surface area (Å²) in [6.07, 6.45) is 2.22. The van der Waals surface area contributed by atoms with Crippen LogP contribution < -0.4 is 0 Å². The first-order valence-corrected chi connectivity index (χ1v) is 13.9. The molecule has 0 saturated heterocycles. The van der Waals surface area contributed by atoms with Gasteiger partial charge >= 0.3 is 12.3 Å². The van der Waals surface area contributed by atoms with E-state index in [1.54, 1.807) is 19.9 Å². The molecule has 39 heavy (non-hydrogen) atoms. The highest BCUT2D eigenvalue weighted by Crippen LogP contribution is 2.68. The highest BCUT2D eigenvalue weighted by atomic mass is 19.1. The zero-order chi connectivity index (χ0) is 28.6. The first kappa shape index (κ1) is 29.2. The fraction of sp³-hybridized carbons (Fsp3) is 0.724. The van der Waals surface area contributed by atoms with E-state index in [2.05, 4.69) is 0 Å². The van der Waals surface area contributed by atoms with E-state index in [4.69, 9.17) is 18.9 Å². The summed E-state index contributed by atoms with van der Waals surface area (Å²) in [6, 6.07) is 0. The van der Waals surface area contributed by atoms with Gasteiger partial charge in [-0.15, -0.1) is 0 Å². The summed E-state index contributed by atoms with van der Waals surface area (Å²) >= 11 is 0. The molecule has 9 nitrogen and oxygen atoms in total. The molecule has 0 heterocycles. The minimum absolute atomic E-state index is 0.0267. The average Bonchev–Trinajstić information content (AvgIpc) is 3.16. The Hall–Kier alpha value is -2.75. The van der Waals surface area contributed by atoms with Crippen LogP contribution in [0.15, 0.2) is 23.8 Å². The van der Waals surface area contributed by atoms with E-state index < -0.39 is 59.3 Å². The summed E-state index contributed by atoms with van der Waals surface area (Å²) in [4.78, 5) is 50.5. The molecular formula is C29H39FO9. The van der Waals surface area contributed by atoms with Crippen LogP contribution in [0.1, 0.15) is 66.2 Å². The lowest BCUT2D eigenvalue weighted by Gasteiger charge is -2.60. The standard InChI is InChI=1S/C29H39FO9/c1-5-7-12-37-25(34)38-16-23(33)29(39-26(35)36-6-2)11-9-19-18-14-21(30)20-13-17(31)8-10-27(20,3)24(18)22(32)15-28(19,29)4/h8,10,13,18-19,21-22,24,32H,5-7,9,11-12,14-16H2,1-4H3/t18-,19-,21-,22?,24+,27-,28-,29-/m0/s1. The number of unbranched alkanes of at least 4 members (excludes halogenated alkanes) is 1. The Bertz CT molecular complexity index is 1070. The lowest BCUT2D eigenvalue weighted by atomic mass is 9.46. The molecule has 4 rings (SSSR count). The maximum atomic E-state index is 15.6. The Morgan fingerprint density at radius 1 is 1.13 bits per heavy atom. The number of halogens is 1. The summed E-state index contributed by atoms with van der Waals surface area (Å²) in [5.41, 5.74) is -3.32. The molecule has 0 aromatic carbocycles. The fourth-order valence-electron chi connectivity index (χ4n) is 7.88. The Kier molecular flexibility index (Phi) is 8.26. The Morgan fingerprint density at radius 2 is 1.87 bits per heavy atom. The number of rotatable bonds is 8. The molecule has 3 fully saturated rings. The van der Waals surface area contributed by atoms with E-state index in [-0.39, 0.29) is 50.1 Å². The second kappa shape index (κ2) is 11.0. The number of hydrogen-bond donors (Lipinski definition) is 1. The van der Waals surface area contributed by atoms with Crippen LogP contribution in [0.4, 0.5) is 14.0 Å². The molecule has 1 N–H and O–H groups in total. The Balaban J connectivity index is 1.65. The van der Waals surface area contributed by atoms with Crippen LogP contribution in [0.5, 0.6) is 0 Å². The molecule has 216 valence electrons. The van der Waals surface area contributed by atoms with Gasteiger partial charge in [-0.1, -0.05) is 33.3 Å². The third-order valence-electron chi connectivity index (χ3n) is 9.61. The number of hydrogen-bond acceptors (Lipinski definition) is 9. The summed E-state index contributed by atoms with van der Waals surface area (Å²) in [5, 5.41) is 11.6. The molecule has 0 bridgehead atoms. The third-order valence-corrected chi connectivity index (χ3v) is 9.61. The number of aliphatic hydroxyl groups excluding tert-OH is 1. The molecule has 4 aliphatic carbocycles. The minimum atomic E-state index is -1.75. The molecule has 0 aromatic heterocycles. The van der Waals surface area contributed by atoms with E-state index in [1.807, 2.05) is 13.8 Å². The van der Waals surface area contributed by atoms with Crippen molar-refractivity contribution < 1.29 is 47.6 Å². The van der Waals surface area contributed by atoms with Gasteiger partial charge in [0, 0.05) is 16.7 Å². The smallest absolute Gasteiger partial charge is 0.435 e. The Morgan fingerprint density at radius 3 is 2.56 bits per heavy atom.